The Bertz CT molecular complexity index is 799. The van der Waals surface area contributed by atoms with Crippen LogP contribution >= 0.6 is 11.6 Å². The highest BCUT2D eigenvalue weighted by Gasteiger charge is 2.26. The Morgan fingerprint density at radius 1 is 1.20 bits per heavy atom. The van der Waals surface area contributed by atoms with Gasteiger partial charge in [0, 0.05) is 37.8 Å². The van der Waals surface area contributed by atoms with E-state index >= 15 is 0 Å². The van der Waals surface area contributed by atoms with Gasteiger partial charge in [-0.2, -0.15) is 0 Å². The summed E-state index contributed by atoms with van der Waals surface area (Å²) in [6, 6.07) is 5.27. The van der Waals surface area contributed by atoms with Crippen LogP contribution < -0.4 is 9.47 Å². The molecule has 1 aromatic heterocycles. The standard InChI is InChI=1S/C17H18ClN3O4/c1-11-6-13(25-19-11)9-20-2-4-21(5-3-20)17(22)12-7-14(18)16-15(8-12)23-10-24-16/h6-8H,2-5,9-10H2,1H3. The molecule has 0 bridgehead atoms. The van der Waals surface area contributed by atoms with E-state index in [1.807, 2.05) is 17.9 Å². The Morgan fingerprint density at radius 2 is 2.00 bits per heavy atom. The van der Waals surface area contributed by atoms with Gasteiger partial charge in [0.05, 0.1) is 17.3 Å². The smallest absolute Gasteiger partial charge is 0.254 e. The van der Waals surface area contributed by atoms with Crippen molar-refractivity contribution >= 4 is 17.5 Å². The number of carbonyl (C=O) groups excluding carboxylic acids is 1. The van der Waals surface area contributed by atoms with Gasteiger partial charge >= 0.3 is 0 Å². The number of rotatable bonds is 3. The highest BCUT2D eigenvalue weighted by atomic mass is 35.5. The summed E-state index contributed by atoms with van der Waals surface area (Å²) in [6.07, 6.45) is 0. The Morgan fingerprint density at radius 3 is 2.72 bits per heavy atom. The molecule has 0 N–H and O–H groups in total. The third kappa shape index (κ3) is 3.29. The minimum atomic E-state index is -0.0460. The largest absolute Gasteiger partial charge is 0.454 e. The Kier molecular flexibility index (Phi) is 4.27. The zero-order chi connectivity index (χ0) is 17.4. The van der Waals surface area contributed by atoms with E-state index < -0.39 is 0 Å². The fourth-order valence-corrected chi connectivity index (χ4v) is 3.36. The molecule has 132 valence electrons. The monoisotopic (exact) mass is 363 g/mol. The molecule has 25 heavy (non-hydrogen) atoms. The summed E-state index contributed by atoms with van der Waals surface area (Å²) in [6.45, 7) is 5.61. The van der Waals surface area contributed by atoms with E-state index in [0.717, 1.165) is 24.5 Å². The van der Waals surface area contributed by atoms with Crippen molar-refractivity contribution in [3.63, 3.8) is 0 Å². The van der Waals surface area contributed by atoms with E-state index in [2.05, 4.69) is 10.1 Å². The number of carbonyl (C=O) groups is 1. The predicted octanol–water partition coefficient (Wildman–Crippen LogP) is 2.32. The van der Waals surface area contributed by atoms with Gasteiger partial charge in [-0.3, -0.25) is 9.69 Å². The molecular weight excluding hydrogens is 346 g/mol. The number of piperazine rings is 1. The zero-order valence-electron chi connectivity index (χ0n) is 13.8. The topological polar surface area (TPSA) is 68.0 Å². The highest BCUT2D eigenvalue weighted by molar-refractivity contribution is 6.32. The first-order chi connectivity index (χ1) is 12.1. The number of fused-ring (bicyclic) bond motifs is 1. The molecule has 2 aliphatic rings. The quantitative estimate of drug-likeness (QED) is 0.833. The van der Waals surface area contributed by atoms with Gasteiger partial charge in [-0.15, -0.1) is 0 Å². The molecule has 8 heteroatoms. The van der Waals surface area contributed by atoms with E-state index in [1.54, 1.807) is 12.1 Å². The van der Waals surface area contributed by atoms with Crippen LogP contribution in [0.25, 0.3) is 0 Å². The fourth-order valence-electron chi connectivity index (χ4n) is 3.09. The van der Waals surface area contributed by atoms with Gasteiger partial charge in [-0.25, -0.2) is 0 Å². The number of hydrogen-bond donors (Lipinski definition) is 0. The van der Waals surface area contributed by atoms with Crippen LogP contribution in [-0.2, 0) is 6.54 Å². The number of aromatic nitrogens is 1. The third-order valence-electron chi connectivity index (χ3n) is 4.39. The van der Waals surface area contributed by atoms with Crippen LogP contribution in [0, 0.1) is 6.92 Å². The molecule has 2 aromatic rings. The maximum atomic E-state index is 12.7. The Balaban J connectivity index is 1.39. The van der Waals surface area contributed by atoms with Crippen molar-refractivity contribution in [1.82, 2.24) is 15.0 Å². The first kappa shape index (κ1) is 16.2. The molecule has 3 heterocycles. The van der Waals surface area contributed by atoms with Crippen LogP contribution in [0.2, 0.25) is 5.02 Å². The van der Waals surface area contributed by atoms with Crippen molar-refractivity contribution in [3.8, 4) is 11.5 Å². The average molecular weight is 364 g/mol. The van der Waals surface area contributed by atoms with Crippen molar-refractivity contribution in [2.24, 2.45) is 0 Å². The Hall–Kier alpha value is -2.25. The lowest BCUT2D eigenvalue weighted by molar-refractivity contribution is 0.0617. The van der Waals surface area contributed by atoms with E-state index in [0.29, 0.717) is 41.7 Å². The molecule has 1 saturated heterocycles. The molecule has 0 spiro atoms. The lowest BCUT2D eigenvalue weighted by Crippen LogP contribution is -2.48. The van der Waals surface area contributed by atoms with E-state index in [1.165, 1.54) is 0 Å². The van der Waals surface area contributed by atoms with Gasteiger partial charge in [0.15, 0.2) is 17.3 Å². The summed E-state index contributed by atoms with van der Waals surface area (Å²) < 4.78 is 15.9. The first-order valence-electron chi connectivity index (χ1n) is 8.13. The van der Waals surface area contributed by atoms with Gasteiger partial charge in [0.2, 0.25) is 6.79 Å². The SMILES string of the molecule is Cc1cc(CN2CCN(C(=O)c3cc(Cl)c4c(c3)OCO4)CC2)on1. The number of hydrogen-bond acceptors (Lipinski definition) is 6. The molecule has 1 aromatic carbocycles. The maximum absolute atomic E-state index is 12.7. The average Bonchev–Trinajstić information content (AvgIpc) is 3.24. The van der Waals surface area contributed by atoms with Gasteiger partial charge in [-0.05, 0) is 19.1 Å². The second-order valence-corrected chi connectivity index (χ2v) is 6.60. The zero-order valence-corrected chi connectivity index (χ0v) is 14.6. The number of aryl methyl sites for hydroxylation is 1. The molecule has 0 saturated carbocycles. The van der Waals surface area contributed by atoms with Crippen LogP contribution in [0.3, 0.4) is 0 Å². The van der Waals surface area contributed by atoms with Gasteiger partial charge in [-0.1, -0.05) is 16.8 Å². The number of benzene rings is 1. The van der Waals surface area contributed by atoms with Crippen LogP contribution in [0.1, 0.15) is 21.8 Å². The highest BCUT2D eigenvalue weighted by Crippen LogP contribution is 2.40. The van der Waals surface area contributed by atoms with Crippen molar-refractivity contribution in [2.45, 2.75) is 13.5 Å². The van der Waals surface area contributed by atoms with Crippen molar-refractivity contribution in [1.29, 1.82) is 0 Å². The van der Waals surface area contributed by atoms with E-state index in [9.17, 15) is 4.79 Å². The molecule has 1 fully saturated rings. The molecule has 4 rings (SSSR count). The molecule has 7 nitrogen and oxygen atoms in total. The normalized spacial score (nSPS) is 17.1. The Labute approximate surface area is 150 Å². The molecule has 2 aliphatic heterocycles. The van der Waals surface area contributed by atoms with E-state index in [-0.39, 0.29) is 12.7 Å². The summed E-state index contributed by atoms with van der Waals surface area (Å²) in [7, 11) is 0. The number of nitrogens with zero attached hydrogens (tertiary/aromatic N) is 3. The first-order valence-corrected chi connectivity index (χ1v) is 8.51. The van der Waals surface area contributed by atoms with Gasteiger partial charge < -0.3 is 18.9 Å². The van der Waals surface area contributed by atoms with Crippen LogP contribution in [0.5, 0.6) is 11.5 Å². The summed E-state index contributed by atoms with van der Waals surface area (Å²) in [4.78, 5) is 16.8. The van der Waals surface area contributed by atoms with Gasteiger partial charge in [0.1, 0.15) is 0 Å². The molecule has 1 amide bonds. The molecule has 0 radical (unpaired) electrons. The van der Waals surface area contributed by atoms with Crippen molar-refractivity contribution in [2.75, 3.05) is 33.0 Å². The minimum absolute atomic E-state index is 0.0460. The van der Waals surface area contributed by atoms with Crippen LogP contribution in [-0.4, -0.2) is 53.8 Å². The van der Waals surface area contributed by atoms with Crippen LogP contribution in [0.4, 0.5) is 0 Å². The fraction of sp³-hybridized carbons (Fsp3) is 0.412. The lowest BCUT2D eigenvalue weighted by atomic mass is 10.1. The van der Waals surface area contributed by atoms with Gasteiger partial charge in [0.25, 0.3) is 5.91 Å². The summed E-state index contributed by atoms with van der Waals surface area (Å²) >= 11 is 6.17. The predicted molar refractivity (Wildman–Crippen MR) is 90.0 cm³/mol. The number of ether oxygens (including phenoxy) is 2. The summed E-state index contributed by atoms with van der Waals surface area (Å²) in [5.74, 6) is 1.83. The second kappa shape index (κ2) is 6.57. The molecule has 0 atom stereocenters. The summed E-state index contributed by atoms with van der Waals surface area (Å²) in [5, 5.41) is 4.30. The van der Waals surface area contributed by atoms with E-state index in [4.69, 9.17) is 25.6 Å². The number of amides is 1. The summed E-state index contributed by atoms with van der Waals surface area (Å²) in [5.41, 5.74) is 1.40. The third-order valence-corrected chi connectivity index (χ3v) is 4.67. The second-order valence-electron chi connectivity index (χ2n) is 6.19. The lowest BCUT2D eigenvalue weighted by Gasteiger charge is -2.34. The number of halogens is 1. The minimum Gasteiger partial charge on any atom is -0.454 e. The van der Waals surface area contributed by atoms with Crippen molar-refractivity contribution < 1.29 is 18.8 Å². The molecular formula is C17H18ClN3O4. The van der Waals surface area contributed by atoms with Crippen molar-refractivity contribution in [3.05, 3.63) is 40.2 Å². The molecule has 0 unspecified atom stereocenters. The maximum Gasteiger partial charge on any atom is 0.254 e. The van der Waals surface area contributed by atoms with Crippen LogP contribution in [0.15, 0.2) is 22.7 Å². The molecule has 0 aliphatic carbocycles.